The predicted molar refractivity (Wildman–Crippen MR) is 104 cm³/mol. The Morgan fingerprint density at radius 1 is 0.893 bits per heavy atom. The number of benzene rings is 2. The van der Waals surface area contributed by atoms with Gasteiger partial charge in [0.1, 0.15) is 0 Å². The van der Waals surface area contributed by atoms with Crippen LogP contribution in [0.4, 0.5) is 5.69 Å². The van der Waals surface area contributed by atoms with Crippen LogP contribution in [0, 0.1) is 0 Å². The highest BCUT2D eigenvalue weighted by atomic mass is 16.5. The van der Waals surface area contributed by atoms with Gasteiger partial charge in [-0.3, -0.25) is 19.2 Å². The number of anilines is 1. The standard InChI is InChI=1S/C21H22N2O5/c1-2-22-21(27)16-9-6-10-17(13-16)23-19(25)14-28-20(26)12-11-18(24)15-7-4-3-5-8-15/h3-10,13H,2,11-12,14H2,1H3,(H,22,27)(H,23,25). The van der Waals surface area contributed by atoms with Gasteiger partial charge in [-0.15, -0.1) is 0 Å². The van der Waals surface area contributed by atoms with E-state index in [1.165, 1.54) is 6.07 Å². The van der Waals surface area contributed by atoms with Crippen molar-refractivity contribution >= 4 is 29.3 Å². The summed E-state index contributed by atoms with van der Waals surface area (Å²) < 4.78 is 4.90. The van der Waals surface area contributed by atoms with Crippen LogP contribution in [0.15, 0.2) is 54.6 Å². The van der Waals surface area contributed by atoms with Crippen LogP contribution in [0.1, 0.15) is 40.5 Å². The second-order valence-corrected chi connectivity index (χ2v) is 5.94. The van der Waals surface area contributed by atoms with Gasteiger partial charge in [0.15, 0.2) is 12.4 Å². The van der Waals surface area contributed by atoms with Gasteiger partial charge in [0.2, 0.25) is 0 Å². The Kier molecular flexibility index (Phi) is 7.90. The first-order chi connectivity index (χ1) is 13.5. The van der Waals surface area contributed by atoms with Crippen LogP contribution < -0.4 is 10.6 Å². The third kappa shape index (κ3) is 6.68. The van der Waals surface area contributed by atoms with E-state index >= 15 is 0 Å². The van der Waals surface area contributed by atoms with Crippen molar-refractivity contribution in [2.45, 2.75) is 19.8 Å². The average molecular weight is 382 g/mol. The summed E-state index contributed by atoms with van der Waals surface area (Å²) in [5.74, 6) is -1.57. The molecule has 0 atom stereocenters. The van der Waals surface area contributed by atoms with Gasteiger partial charge in [0, 0.05) is 29.8 Å². The van der Waals surface area contributed by atoms with Gasteiger partial charge in [-0.1, -0.05) is 36.4 Å². The number of carbonyl (C=O) groups is 4. The molecule has 0 saturated heterocycles. The van der Waals surface area contributed by atoms with E-state index in [0.717, 1.165) is 0 Å². The van der Waals surface area contributed by atoms with Crippen LogP contribution >= 0.6 is 0 Å². The van der Waals surface area contributed by atoms with Crippen LogP contribution in [-0.2, 0) is 14.3 Å². The lowest BCUT2D eigenvalue weighted by atomic mass is 10.1. The summed E-state index contributed by atoms with van der Waals surface area (Å²) in [6, 6.07) is 15.1. The molecule has 0 aliphatic heterocycles. The maximum absolute atomic E-state index is 11.9. The molecule has 0 aromatic heterocycles. The first kappa shape index (κ1) is 20.8. The fraction of sp³-hybridized carbons (Fsp3) is 0.238. The van der Waals surface area contributed by atoms with E-state index in [9.17, 15) is 19.2 Å². The molecule has 0 spiro atoms. The smallest absolute Gasteiger partial charge is 0.306 e. The van der Waals surface area contributed by atoms with Crippen LogP contribution in [0.5, 0.6) is 0 Å². The van der Waals surface area contributed by atoms with Crippen LogP contribution in [0.3, 0.4) is 0 Å². The molecule has 28 heavy (non-hydrogen) atoms. The fourth-order valence-corrected chi connectivity index (χ4v) is 2.40. The summed E-state index contributed by atoms with van der Waals surface area (Å²) in [5, 5.41) is 5.23. The van der Waals surface area contributed by atoms with E-state index in [0.29, 0.717) is 23.4 Å². The minimum atomic E-state index is -0.629. The maximum Gasteiger partial charge on any atom is 0.306 e. The summed E-state index contributed by atoms with van der Waals surface area (Å²) in [5.41, 5.74) is 1.36. The SMILES string of the molecule is CCNC(=O)c1cccc(NC(=O)COC(=O)CCC(=O)c2ccccc2)c1. The molecule has 2 rings (SSSR count). The van der Waals surface area contributed by atoms with Crippen molar-refractivity contribution in [1.82, 2.24) is 5.32 Å². The second kappa shape index (κ2) is 10.6. The first-order valence-electron chi connectivity index (χ1n) is 8.91. The number of ether oxygens (including phenoxy) is 1. The predicted octanol–water partition coefficient (Wildman–Crippen LogP) is 2.58. The second-order valence-electron chi connectivity index (χ2n) is 5.94. The molecule has 0 heterocycles. The number of amides is 2. The van der Waals surface area contributed by atoms with Crippen molar-refractivity contribution in [2.75, 3.05) is 18.5 Å². The zero-order valence-electron chi connectivity index (χ0n) is 15.6. The number of hydrogen-bond donors (Lipinski definition) is 2. The zero-order valence-corrected chi connectivity index (χ0v) is 15.6. The lowest BCUT2D eigenvalue weighted by Crippen LogP contribution is -2.23. The number of rotatable bonds is 9. The molecule has 0 unspecified atom stereocenters. The average Bonchev–Trinajstić information content (AvgIpc) is 2.71. The highest BCUT2D eigenvalue weighted by Crippen LogP contribution is 2.11. The molecule has 0 radical (unpaired) electrons. The number of nitrogens with one attached hydrogen (secondary N) is 2. The molecule has 0 bridgehead atoms. The molecule has 2 aromatic rings. The summed E-state index contributed by atoms with van der Waals surface area (Å²) >= 11 is 0. The Morgan fingerprint density at radius 2 is 1.61 bits per heavy atom. The first-order valence-corrected chi connectivity index (χ1v) is 8.91. The summed E-state index contributed by atoms with van der Waals surface area (Å²) in [6.07, 6.45) is -0.0905. The highest BCUT2D eigenvalue weighted by molar-refractivity contribution is 5.98. The van der Waals surface area contributed by atoms with E-state index < -0.39 is 18.5 Å². The van der Waals surface area contributed by atoms with Crippen molar-refractivity contribution in [3.05, 3.63) is 65.7 Å². The Morgan fingerprint density at radius 3 is 2.32 bits per heavy atom. The zero-order chi connectivity index (χ0) is 20.4. The molecule has 2 N–H and O–H groups in total. The molecule has 0 saturated carbocycles. The van der Waals surface area contributed by atoms with Crippen molar-refractivity contribution in [1.29, 1.82) is 0 Å². The molecule has 0 fully saturated rings. The molecular weight excluding hydrogens is 360 g/mol. The number of esters is 1. The Bertz CT molecular complexity index is 849. The Balaban J connectivity index is 1.76. The van der Waals surface area contributed by atoms with E-state index in [4.69, 9.17) is 4.74 Å². The van der Waals surface area contributed by atoms with Gasteiger partial charge < -0.3 is 15.4 Å². The van der Waals surface area contributed by atoms with Crippen LogP contribution in [0.25, 0.3) is 0 Å². The summed E-state index contributed by atoms with van der Waals surface area (Å²) in [7, 11) is 0. The molecule has 0 aliphatic rings. The van der Waals surface area contributed by atoms with Gasteiger partial charge in [0.25, 0.3) is 11.8 Å². The van der Waals surface area contributed by atoms with E-state index in [-0.39, 0.29) is 24.5 Å². The Hall–Kier alpha value is -3.48. The van der Waals surface area contributed by atoms with Crippen LogP contribution in [-0.4, -0.2) is 36.7 Å². The van der Waals surface area contributed by atoms with E-state index in [1.807, 2.05) is 6.92 Å². The molecule has 7 nitrogen and oxygen atoms in total. The highest BCUT2D eigenvalue weighted by Gasteiger charge is 2.12. The Labute approximate surface area is 163 Å². The van der Waals surface area contributed by atoms with Crippen molar-refractivity contribution in [3.63, 3.8) is 0 Å². The van der Waals surface area contributed by atoms with Crippen molar-refractivity contribution in [3.8, 4) is 0 Å². The van der Waals surface area contributed by atoms with Crippen molar-refractivity contribution < 1.29 is 23.9 Å². The lowest BCUT2D eigenvalue weighted by molar-refractivity contribution is -0.147. The minimum Gasteiger partial charge on any atom is -0.456 e. The van der Waals surface area contributed by atoms with Crippen LogP contribution in [0.2, 0.25) is 0 Å². The normalized spacial score (nSPS) is 10.0. The number of ketones is 1. The minimum absolute atomic E-state index is 0.0129. The van der Waals surface area contributed by atoms with Gasteiger partial charge in [-0.05, 0) is 25.1 Å². The number of hydrogen-bond acceptors (Lipinski definition) is 5. The lowest BCUT2D eigenvalue weighted by Gasteiger charge is -2.08. The number of carbonyl (C=O) groups excluding carboxylic acids is 4. The largest absolute Gasteiger partial charge is 0.456 e. The van der Waals surface area contributed by atoms with Gasteiger partial charge in [-0.25, -0.2) is 0 Å². The van der Waals surface area contributed by atoms with Gasteiger partial charge in [0.05, 0.1) is 6.42 Å². The topological polar surface area (TPSA) is 102 Å². The molecular formula is C21H22N2O5. The summed E-state index contributed by atoms with van der Waals surface area (Å²) in [6.45, 7) is 1.84. The van der Waals surface area contributed by atoms with Gasteiger partial charge in [-0.2, -0.15) is 0 Å². The quantitative estimate of drug-likeness (QED) is 0.513. The fourth-order valence-electron chi connectivity index (χ4n) is 2.40. The molecule has 7 heteroatoms. The van der Waals surface area contributed by atoms with E-state index in [1.54, 1.807) is 48.5 Å². The van der Waals surface area contributed by atoms with Crippen molar-refractivity contribution in [2.24, 2.45) is 0 Å². The summed E-state index contributed by atoms with van der Waals surface area (Å²) in [4.78, 5) is 47.4. The number of Topliss-reactive ketones (excluding diaryl/α,β-unsaturated/α-hetero) is 1. The van der Waals surface area contributed by atoms with E-state index in [2.05, 4.69) is 10.6 Å². The third-order valence-electron chi connectivity index (χ3n) is 3.76. The monoisotopic (exact) mass is 382 g/mol. The molecule has 146 valence electrons. The maximum atomic E-state index is 11.9. The molecule has 2 amide bonds. The van der Waals surface area contributed by atoms with Gasteiger partial charge >= 0.3 is 5.97 Å². The molecule has 0 aliphatic carbocycles. The molecule has 2 aromatic carbocycles. The third-order valence-corrected chi connectivity index (χ3v) is 3.76.